The quantitative estimate of drug-likeness (QED) is 0.770. The average molecular weight is 207 g/mol. The number of nitrogens with zero attached hydrogens (tertiary/aromatic N) is 2. The number of anilines is 1. The van der Waals surface area contributed by atoms with Crippen LogP contribution in [0.2, 0.25) is 0 Å². The molecule has 3 heteroatoms. The minimum Gasteiger partial charge on any atom is -0.374 e. The van der Waals surface area contributed by atoms with Crippen LogP contribution in [0.1, 0.15) is 13.3 Å². The molecular formula is C12H21N3. The lowest BCUT2D eigenvalue weighted by atomic mass is 10.1. The summed E-state index contributed by atoms with van der Waals surface area (Å²) in [6.07, 6.45) is 4.88. The lowest BCUT2D eigenvalue weighted by molar-refractivity contribution is 0.485. The standard InChI is InChI=1S/C12H21N3/c1-4-11(9-13-2)10-15(3)12-5-7-14-8-6-12/h5-8,11,13H,4,9-10H2,1-3H3. The first-order chi connectivity index (χ1) is 7.27. The number of hydrogen-bond acceptors (Lipinski definition) is 3. The van der Waals surface area contributed by atoms with Gasteiger partial charge in [-0.15, -0.1) is 0 Å². The van der Waals surface area contributed by atoms with E-state index in [1.165, 1.54) is 12.1 Å². The van der Waals surface area contributed by atoms with Gasteiger partial charge in [0.1, 0.15) is 0 Å². The van der Waals surface area contributed by atoms with Gasteiger partial charge in [-0.3, -0.25) is 4.98 Å². The van der Waals surface area contributed by atoms with Gasteiger partial charge in [0.2, 0.25) is 0 Å². The van der Waals surface area contributed by atoms with Crippen LogP contribution in [-0.4, -0.2) is 32.2 Å². The van der Waals surface area contributed by atoms with Crippen LogP contribution in [0, 0.1) is 5.92 Å². The maximum atomic E-state index is 4.02. The highest BCUT2D eigenvalue weighted by molar-refractivity contribution is 5.43. The molecule has 1 rings (SSSR count). The topological polar surface area (TPSA) is 28.2 Å². The van der Waals surface area contributed by atoms with Crippen molar-refractivity contribution in [3.63, 3.8) is 0 Å². The molecule has 1 atom stereocenters. The lowest BCUT2D eigenvalue weighted by Crippen LogP contribution is -2.30. The summed E-state index contributed by atoms with van der Waals surface area (Å²) < 4.78 is 0. The fourth-order valence-corrected chi connectivity index (χ4v) is 1.72. The summed E-state index contributed by atoms with van der Waals surface area (Å²) >= 11 is 0. The van der Waals surface area contributed by atoms with Gasteiger partial charge in [-0.2, -0.15) is 0 Å². The van der Waals surface area contributed by atoms with Crippen LogP contribution < -0.4 is 10.2 Å². The van der Waals surface area contributed by atoms with Gasteiger partial charge in [0.05, 0.1) is 0 Å². The molecule has 0 aliphatic carbocycles. The molecule has 0 saturated carbocycles. The molecule has 0 saturated heterocycles. The minimum absolute atomic E-state index is 0.702. The number of nitrogens with one attached hydrogen (secondary N) is 1. The first kappa shape index (κ1) is 12.0. The molecule has 84 valence electrons. The van der Waals surface area contributed by atoms with Crippen molar-refractivity contribution in [3.8, 4) is 0 Å². The second-order valence-electron chi connectivity index (χ2n) is 3.92. The van der Waals surface area contributed by atoms with E-state index < -0.39 is 0 Å². The Morgan fingerprint density at radius 3 is 2.60 bits per heavy atom. The highest BCUT2D eigenvalue weighted by Crippen LogP contribution is 2.13. The van der Waals surface area contributed by atoms with Gasteiger partial charge in [-0.25, -0.2) is 0 Å². The van der Waals surface area contributed by atoms with Crippen molar-refractivity contribution in [3.05, 3.63) is 24.5 Å². The molecule has 3 nitrogen and oxygen atoms in total. The lowest BCUT2D eigenvalue weighted by Gasteiger charge is -2.24. The van der Waals surface area contributed by atoms with E-state index in [0.29, 0.717) is 5.92 Å². The molecule has 0 spiro atoms. The van der Waals surface area contributed by atoms with E-state index in [4.69, 9.17) is 0 Å². The molecule has 0 amide bonds. The predicted octanol–water partition coefficient (Wildman–Crippen LogP) is 1.76. The molecule has 0 aromatic carbocycles. The zero-order valence-corrected chi connectivity index (χ0v) is 9.90. The summed E-state index contributed by atoms with van der Waals surface area (Å²) in [5.74, 6) is 0.702. The van der Waals surface area contributed by atoms with Crippen molar-refractivity contribution < 1.29 is 0 Å². The Morgan fingerprint density at radius 2 is 2.07 bits per heavy atom. The van der Waals surface area contributed by atoms with E-state index in [1.807, 2.05) is 31.6 Å². The maximum absolute atomic E-state index is 4.02. The molecule has 0 bridgehead atoms. The normalized spacial score (nSPS) is 12.5. The van der Waals surface area contributed by atoms with Crippen molar-refractivity contribution in [1.82, 2.24) is 10.3 Å². The average Bonchev–Trinajstić information content (AvgIpc) is 2.29. The summed E-state index contributed by atoms with van der Waals surface area (Å²) in [7, 11) is 4.14. The van der Waals surface area contributed by atoms with Crippen LogP contribution in [0.4, 0.5) is 5.69 Å². The third-order valence-electron chi connectivity index (χ3n) is 2.71. The molecule has 1 N–H and O–H groups in total. The van der Waals surface area contributed by atoms with Gasteiger partial charge in [0.15, 0.2) is 0 Å². The van der Waals surface area contributed by atoms with E-state index in [1.54, 1.807) is 0 Å². The van der Waals surface area contributed by atoms with Crippen molar-refractivity contribution in [2.75, 3.05) is 32.1 Å². The molecule has 0 aliphatic rings. The Balaban J connectivity index is 2.50. The number of hydrogen-bond donors (Lipinski definition) is 1. The van der Waals surface area contributed by atoms with Crippen LogP contribution in [0.25, 0.3) is 0 Å². The molecule has 0 radical (unpaired) electrons. The third kappa shape index (κ3) is 3.88. The van der Waals surface area contributed by atoms with Crippen LogP contribution in [-0.2, 0) is 0 Å². The Hall–Kier alpha value is -1.09. The Kier molecular flexibility index (Phi) is 5.12. The number of aromatic nitrogens is 1. The monoisotopic (exact) mass is 207 g/mol. The van der Waals surface area contributed by atoms with Crippen LogP contribution in [0.5, 0.6) is 0 Å². The fraction of sp³-hybridized carbons (Fsp3) is 0.583. The molecule has 0 aliphatic heterocycles. The highest BCUT2D eigenvalue weighted by atomic mass is 15.1. The Labute approximate surface area is 92.5 Å². The summed E-state index contributed by atoms with van der Waals surface area (Å²) in [5.41, 5.74) is 1.24. The van der Waals surface area contributed by atoms with Gasteiger partial charge in [-0.05, 0) is 31.6 Å². The second kappa shape index (κ2) is 6.40. The van der Waals surface area contributed by atoms with Gasteiger partial charge in [0.25, 0.3) is 0 Å². The summed E-state index contributed by atoms with van der Waals surface area (Å²) in [5, 5.41) is 3.24. The van der Waals surface area contributed by atoms with E-state index in [-0.39, 0.29) is 0 Å². The molecule has 15 heavy (non-hydrogen) atoms. The Bertz CT molecular complexity index is 261. The first-order valence-electron chi connectivity index (χ1n) is 5.53. The Morgan fingerprint density at radius 1 is 1.40 bits per heavy atom. The predicted molar refractivity (Wildman–Crippen MR) is 65.2 cm³/mol. The third-order valence-corrected chi connectivity index (χ3v) is 2.71. The zero-order chi connectivity index (χ0) is 11.1. The van der Waals surface area contributed by atoms with Crippen molar-refractivity contribution >= 4 is 5.69 Å². The largest absolute Gasteiger partial charge is 0.374 e. The molecule has 1 aromatic heterocycles. The molecule has 1 aromatic rings. The molecule has 1 heterocycles. The van der Waals surface area contributed by atoms with Crippen molar-refractivity contribution in [1.29, 1.82) is 0 Å². The smallest absolute Gasteiger partial charge is 0.0394 e. The minimum atomic E-state index is 0.702. The van der Waals surface area contributed by atoms with E-state index in [9.17, 15) is 0 Å². The second-order valence-corrected chi connectivity index (χ2v) is 3.92. The van der Waals surface area contributed by atoms with Crippen molar-refractivity contribution in [2.24, 2.45) is 5.92 Å². The van der Waals surface area contributed by atoms with Crippen LogP contribution >= 0.6 is 0 Å². The van der Waals surface area contributed by atoms with Gasteiger partial charge in [0, 0.05) is 31.7 Å². The highest BCUT2D eigenvalue weighted by Gasteiger charge is 2.08. The van der Waals surface area contributed by atoms with E-state index >= 15 is 0 Å². The number of rotatable bonds is 6. The first-order valence-corrected chi connectivity index (χ1v) is 5.53. The zero-order valence-electron chi connectivity index (χ0n) is 9.90. The van der Waals surface area contributed by atoms with Gasteiger partial charge >= 0.3 is 0 Å². The van der Waals surface area contributed by atoms with Crippen LogP contribution in [0.3, 0.4) is 0 Å². The van der Waals surface area contributed by atoms with E-state index in [2.05, 4.69) is 29.2 Å². The van der Waals surface area contributed by atoms with Gasteiger partial charge < -0.3 is 10.2 Å². The van der Waals surface area contributed by atoms with Crippen LogP contribution in [0.15, 0.2) is 24.5 Å². The van der Waals surface area contributed by atoms with Crippen molar-refractivity contribution in [2.45, 2.75) is 13.3 Å². The van der Waals surface area contributed by atoms with Gasteiger partial charge in [-0.1, -0.05) is 13.3 Å². The summed E-state index contributed by atoms with van der Waals surface area (Å²) in [6.45, 7) is 4.40. The SMILES string of the molecule is CCC(CNC)CN(C)c1ccncc1. The molecule has 1 unspecified atom stereocenters. The molecular weight excluding hydrogens is 186 g/mol. The maximum Gasteiger partial charge on any atom is 0.0394 e. The fourth-order valence-electron chi connectivity index (χ4n) is 1.72. The number of pyridine rings is 1. The van der Waals surface area contributed by atoms with E-state index in [0.717, 1.165) is 13.1 Å². The summed E-state index contributed by atoms with van der Waals surface area (Å²) in [4.78, 5) is 6.31. The molecule has 0 fully saturated rings. The summed E-state index contributed by atoms with van der Waals surface area (Å²) in [6, 6.07) is 4.10.